The highest BCUT2D eigenvalue weighted by Gasteiger charge is 2.10. The van der Waals surface area contributed by atoms with Gasteiger partial charge in [0.2, 0.25) is 0 Å². The molecule has 0 aliphatic carbocycles. The van der Waals surface area contributed by atoms with Gasteiger partial charge in [0.05, 0.1) is 15.6 Å². The molecular weight excluding hydrogens is 334 g/mol. The number of non-ortho nitro benzene ring substituents is 1. The number of nitrogens with zero attached hydrogens (tertiary/aromatic N) is 1. The predicted octanol–water partition coefficient (Wildman–Crippen LogP) is 4.09. The van der Waals surface area contributed by atoms with Crippen molar-refractivity contribution in [2.45, 2.75) is 13.3 Å². The van der Waals surface area contributed by atoms with Crippen molar-refractivity contribution in [1.29, 1.82) is 0 Å². The van der Waals surface area contributed by atoms with Gasteiger partial charge in [-0.2, -0.15) is 0 Å². The Kier molecular flexibility index (Phi) is 5.90. The molecule has 0 spiro atoms. The van der Waals surface area contributed by atoms with Crippen molar-refractivity contribution in [2.24, 2.45) is 0 Å². The number of hydrogen-bond acceptors (Lipinski definition) is 3. The Balaban J connectivity index is 1.91. The highest BCUT2D eigenvalue weighted by Crippen LogP contribution is 2.26. The molecule has 0 fully saturated rings. The van der Waals surface area contributed by atoms with Gasteiger partial charge in [-0.15, -0.1) is 0 Å². The zero-order chi connectivity index (χ0) is 16.8. The Morgan fingerprint density at radius 2 is 2.04 bits per heavy atom. The van der Waals surface area contributed by atoms with Gasteiger partial charge in [-0.3, -0.25) is 10.1 Å². The average molecular weight is 350 g/mol. The van der Waals surface area contributed by atoms with Crippen LogP contribution in [0.4, 0.5) is 11.4 Å². The number of aryl methyl sites for hydroxylation is 1. The van der Waals surface area contributed by atoms with Gasteiger partial charge in [0, 0.05) is 18.7 Å². The molecule has 0 amide bonds. The molecule has 5 nitrogen and oxygen atoms in total. The van der Waals surface area contributed by atoms with Crippen molar-refractivity contribution >= 4 is 40.3 Å². The highest BCUT2D eigenvalue weighted by molar-refractivity contribution is 7.80. The van der Waals surface area contributed by atoms with E-state index in [0.717, 1.165) is 6.42 Å². The molecule has 7 heteroatoms. The summed E-state index contributed by atoms with van der Waals surface area (Å²) in [6.07, 6.45) is 0.831. The number of rotatable bonds is 5. The molecule has 0 aliphatic heterocycles. The van der Waals surface area contributed by atoms with Gasteiger partial charge in [-0.1, -0.05) is 35.9 Å². The molecule has 2 rings (SSSR count). The summed E-state index contributed by atoms with van der Waals surface area (Å²) in [4.78, 5) is 10.3. The first-order valence-corrected chi connectivity index (χ1v) is 7.79. The van der Waals surface area contributed by atoms with E-state index >= 15 is 0 Å². The van der Waals surface area contributed by atoms with Crippen molar-refractivity contribution in [1.82, 2.24) is 5.32 Å². The smallest absolute Gasteiger partial charge is 0.271 e. The van der Waals surface area contributed by atoms with E-state index in [-0.39, 0.29) is 5.69 Å². The van der Waals surface area contributed by atoms with E-state index in [2.05, 4.69) is 29.7 Å². The molecular formula is C16H16ClN3O2S. The zero-order valence-electron chi connectivity index (χ0n) is 12.5. The van der Waals surface area contributed by atoms with Gasteiger partial charge in [0.25, 0.3) is 5.69 Å². The van der Waals surface area contributed by atoms with E-state index in [4.69, 9.17) is 23.8 Å². The molecule has 0 aliphatic rings. The monoisotopic (exact) mass is 349 g/mol. The number of nitro benzene ring substituents is 1. The van der Waals surface area contributed by atoms with Crippen LogP contribution >= 0.6 is 23.8 Å². The maximum absolute atomic E-state index is 10.8. The molecule has 0 saturated carbocycles. The molecule has 120 valence electrons. The molecule has 2 aromatic carbocycles. The largest absolute Gasteiger partial charge is 0.362 e. The van der Waals surface area contributed by atoms with Crippen LogP contribution in [-0.4, -0.2) is 16.6 Å². The topological polar surface area (TPSA) is 67.2 Å². The fraction of sp³-hybridized carbons (Fsp3) is 0.188. The number of thiocarbonyl (C=S) groups is 1. The molecule has 0 saturated heterocycles. The number of halogens is 1. The maximum atomic E-state index is 10.8. The van der Waals surface area contributed by atoms with Crippen molar-refractivity contribution in [3.8, 4) is 0 Å². The normalized spacial score (nSPS) is 10.2. The van der Waals surface area contributed by atoms with Gasteiger partial charge in [0.1, 0.15) is 0 Å². The van der Waals surface area contributed by atoms with Crippen LogP contribution in [0.3, 0.4) is 0 Å². The van der Waals surface area contributed by atoms with Crippen LogP contribution in [0.5, 0.6) is 0 Å². The second kappa shape index (κ2) is 7.89. The Bertz CT molecular complexity index is 737. The summed E-state index contributed by atoms with van der Waals surface area (Å²) in [6, 6.07) is 12.3. The minimum Gasteiger partial charge on any atom is -0.362 e. The first kappa shape index (κ1) is 17.2. The van der Waals surface area contributed by atoms with Crippen LogP contribution in [-0.2, 0) is 6.42 Å². The van der Waals surface area contributed by atoms with Gasteiger partial charge in [-0.25, -0.2) is 0 Å². The van der Waals surface area contributed by atoms with Crippen LogP contribution < -0.4 is 10.6 Å². The van der Waals surface area contributed by atoms with Crippen molar-refractivity contribution in [3.05, 3.63) is 68.7 Å². The third kappa shape index (κ3) is 4.91. The maximum Gasteiger partial charge on any atom is 0.271 e. The molecule has 0 aromatic heterocycles. The Labute approximate surface area is 144 Å². The number of hydrogen-bond donors (Lipinski definition) is 2. The third-order valence-electron chi connectivity index (χ3n) is 3.35. The fourth-order valence-electron chi connectivity index (χ4n) is 2.09. The molecule has 2 aromatic rings. The molecule has 0 bridgehead atoms. The minimum absolute atomic E-state index is 0.0420. The molecule has 0 radical (unpaired) electrons. The molecule has 2 N–H and O–H groups in total. The quantitative estimate of drug-likeness (QED) is 0.483. The Hall–Kier alpha value is -2.18. The van der Waals surface area contributed by atoms with E-state index in [0.29, 0.717) is 22.4 Å². The highest BCUT2D eigenvalue weighted by atomic mass is 35.5. The van der Waals surface area contributed by atoms with Crippen LogP contribution in [0.1, 0.15) is 11.1 Å². The van der Waals surface area contributed by atoms with E-state index in [1.165, 1.54) is 29.3 Å². The number of nitro groups is 1. The lowest BCUT2D eigenvalue weighted by molar-refractivity contribution is -0.384. The van der Waals surface area contributed by atoms with Crippen molar-refractivity contribution < 1.29 is 4.92 Å². The molecule has 0 heterocycles. The summed E-state index contributed by atoms with van der Waals surface area (Å²) >= 11 is 11.2. The SMILES string of the molecule is Cc1ccccc1CCNC(=S)Nc1cc([N+](=O)[O-])ccc1Cl. The second-order valence-corrected chi connectivity index (χ2v) is 5.79. The Morgan fingerprint density at radius 1 is 1.30 bits per heavy atom. The van der Waals surface area contributed by atoms with Gasteiger partial charge < -0.3 is 10.6 Å². The van der Waals surface area contributed by atoms with Crippen molar-refractivity contribution in [3.63, 3.8) is 0 Å². The molecule has 23 heavy (non-hydrogen) atoms. The summed E-state index contributed by atoms with van der Waals surface area (Å²) in [5.41, 5.74) is 2.85. The van der Waals surface area contributed by atoms with E-state index in [1.54, 1.807) is 0 Å². The summed E-state index contributed by atoms with van der Waals surface area (Å²) in [5, 5.41) is 17.5. The van der Waals surface area contributed by atoms with E-state index in [9.17, 15) is 10.1 Å². The summed E-state index contributed by atoms with van der Waals surface area (Å²) in [6.45, 7) is 2.72. The van der Waals surface area contributed by atoms with Crippen LogP contribution in [0.2, 0.25) is 5.02 Å². The number of nitrogens with one attached hydrogen (secondary N) is 2. The molecule has 0 unspecified atom stereocenters. The second-order valence-electron chi connectivity index (χ2n) is 4.98. The van der Waals surface area contributed by atoms with Crippen LogP contribution in [0.25, 0.3) is 0 Å². The van der Waals surface area contributed by atoms with Crippen molar-refractivity contribution in [2.75, 3.05) is 11.9 Å². The minimum atomic E-state index is -0.476. The lowest BCUT2D eigenvalue weighted by Crippen LogP contribution is -2.30. The van der Waals surface area contributed by atoms with Gasteiger partial charge in [-0.05, 0) is 42.8 Å². The number of benzene rings is 2. The Morgan fingerprint density at radius 3 is 2.74 bits per heavy atom. The predicted molar refractivity (Wildman–Crippen MR) is 97.2 cm³/mol. The van der Waals surface area contributed by atoms with Gasteiger partial charge >= 0.3 is 0 Å². The summed E-state index contributed by atoms with van der Waals surface area (Å²) in [7, 11) is 0. The first-order valence-electron chi connectivity index (χ1n) is 7.00. The fourth-order valence-corrected chi connectivity index (χ4v) is 2.47. The zero-order valence-corrected chi connectivity index (χ0v) is 14.1. The number of anilines is 1. The van der Waals surface area contributed by atoms with E-state index in [1.807, 2.05) is 12.1 Å². The molecule has 0 atom stereocenters. The standard InChI is InChI=1S/C16H16ClN3O2S/c1-11-4-2-3-5-12(11)8-9-18-16(23)19-15-10-13(20(21)22)6-7-14(15)17/h2-7,10H,8-9H2,1H3,(H2,18,19,23). The summed E-state index contributed by atoms with van der Waals surface area (Å²) < 4.78 is 0. The van der Waals surface area contributed by atoms with E-state index < -0.39 is 4.92 Å². The van der Waals surface area contributed by atoms with Crippen LogP contribution in [0.15, 0.2) is 42.5 Å². The third-order valence-corrected chi connectivity index (χ3v) is 3.93. The lowest BCUT2D eigenvalue weighted by Gasteiger charge is -2.12. The van der Waals surface area contributed by atoms with Gasteiger partial charge in [0.15, 0.2) is 5.11 Å². The summed E-state index contributed by atoms with van der Waals surface area (Å²) in [5.74, 6) is 0. The van der Waals surface area contributed by atoms with Crippen LogP contribution in [0, 0.1) is 17.0 Å². The average Bonchev–Trinajstić information content (AvgIpc) is 2.51. The first-order chi connectivity index (χ1) is 11.0. The lowest BCUT2D eigenvalue weighted by atomic mass is 10.1.